The minimum absolute atomic E-state index is 0.687. The summed E-state index contributed by atoms with van der Waals surface area (Å²) >= 11 is 0. The quantitative estimate of drug-likeness (QED) is 0.420. The van der Waals surface area contributed by atoms with E-state index in [9.17, 15) is 0 Å². The van der Waals surface area contributed by atoms with E-state index >= 15 is 0 Å². The van der Waals surface area contributed by atoms with Gasteiger partial charge < -0.3 is 16.0 Å². The first-order chi connectivity index (χ1) is 9.75. The van der Waals surface area contributed by atoms with Crippen LogP contribution in [0.3, 0.4) is 0 Å². The van der Waals surface area contributed by atoms with Crippen LogP contribution in [0.1, 0.15) is 27.7 Å². The fourth-order valence-electron chi connectivity index (χ4n) is 1.05. The van der Waals surface area contributed by atoms with Gasteiger partial charge in [-0.3, -0.25) is 0 Å². The first kappa shape index (κ1) is 21.1. The summed E-state index contributed by atoms with van der Waals surface area (Å²) in [7, 11) is 0. The van der Waals surface area contributed by atoms with Crippen LogP contribution in [0, 0.1) is 0 Å². The number of nitrogens with one attached hydrogen (secondary N) is 3. The highest BCUT2D eigenvalue weighted by atomic mass is 15.0. The fraction of sp³-hybridized carbons (Fsp3) is 0.333. The lowest BCUT2D eigenvalue weighted by molar-refractivity contribution is 0.720. The SMILES string of the molecule is C=C(C)C(=C)NCCNC(=C)C(=C)NC(=C)C(=C)C.CC. The largest absolute Gasteiger partial charge is 0.384 e. The number of allylic oxidation sites excluding steroid dienone is 2. The third kappa shape index (κ3) is 10.3. The van der Waals surface area contributed by atoms with E-state index in [4.69, 9.17) is 0 Å². The van der Waals surface area contributed by atoms with Crippen LogP contribution in [0.2, 0.25) is 0 Å². The van der Waals surface area contributed by atoms with Crippen LogP contribution in [0.15, 0.2) is 73.4 Å². The van der Waals surface area contributed by atoms with E-state index < -0.39 is 0 Å². The molecule has 0 heterocycles. The summed E-state index contributed by atoms with van der Waals surface area (Å²) in [5, 5.41) is 9.36. The lowest BCUT2D eigenvalue weighted by atomic mass is 10.2. The Labute approximate surface area is 130 Å². The van der Waals surface area contributed by atoms with E-state index in [1.165, 1.54) is 0 Å². The lowest BCUT2D eigenvalue weighted by Crippen LogP contribution is -2.29. The molecule has 0 aromatic carbocycles. The number of hydrogen-bond acceptors (Lipinski definition) is 3. The predicted molar refractivity (Wildman–Crippen MR) is 96.7 cm³/mol. The summed E-state index contributed by atoms with van der Waals surface area (Å²) in [6, 6.07) is 0. The number of rotatable bonds is 10. The highest BCUT2D eigenvalue weighted by Gasteiger charge is 2.01. The zero-order valence-corrected chi connectivity index (χ0v) is 14.2. The van der Waals surface area contributed by atoms with Gasteiger partial charge in [0.25, 0.3) is 0 Å². The zero-order valence-electron chi connectivity index (χ0n) is 14.2. The molecule has 0 saturated heterocycles. The lowest BCUT2D eigenvalue weighted by Gasteiger charge is -2.16. The van der Waals surface area contributed by atoms with Gasteiger partial charge in [-0.05, 0) is 25.0 Å². The van der Waals surface area contributed by atoms with Crippen LogP contribution in [0.4, 0.5) is 0 Å². The molecule has 0 aromatic rings. The van der Waals surface area contributed by atoms with Crippen LogP contribution in [0.25, 0.3) is 0 Å². The Hall–Kier alpha value is -2.16. The van der Waals surface area contributed by atoms with Gasteiger partial charge in [-0.25, -0.2) is 0 Å². The van der Waals surface area contributed by atoms with Gasteiger partial charge in [-0.15, -0.1) is 0 Å². The maximum Gasteiger partial charge on any atom is 0.0540 e. The molecule has 0 bridgehead atoms. The second kappa shape index (κ2) is 11.6. The van der Waals surface area contributed by atoms with Gasteiger partial charge in [-0.1, -0.05) is 53.3 Å². The van der Waals surface area contributed by atoms with Crippen molar-refractivity contribution in [1.82, 2.24) is 16.0 Å². The molecule has 21 heavy (non-hydrogen) atoms. The molecule has 0 aliphatic rings. The summed E-state index contributed by atoms with van der Waals surface area (Å²) in [5.41, 5.74) is 4.80. The molecule has 0 spiro atoms. The molecule has 0 atom stereocenters. The van der Waals surface area contributed by atoms with Crippen molar-refractivity contribution in [2.75, 3.05) is 13.1 Å². The minimum Gasteiger partial charge on any atom is -0.384 e. The highest BCUT2D eigenvalue weighted by molar-refractivity contribution is 5.31. The van der Waals surface area contributed by atoms with Gasteiger partial charge in [0.15, 0.2) is 0 Å². The first-order valence-electron chi connectivity index (χ1n) is 7.08. The fourth-order valence-corrected chi connectivity index (χ4v) is 1.05. The normalized spacial score (nSPS) is 8.57. The van der Waals surface area contributed by atoms with E-state index in [2.05, 4.69) is 55.4 Å². The summed E-state index contributed by atoms with van der Waals surface area (Å²) in [6.07, 6.45) is 0. The van der Waals surface area contributed by atoms with Gasteiger partial charge in [0.05, 0.1) is 11.4 Å². The first-order valence-corrected chi connectivity index (χ1v) is 7.08. The summed E-state index contributed by atoms with van der Waals surface area (Å²) in [4.78, 5) is 0. The van der Waals surface area contributed by atoms with Gasteiger partial charge in [0.2, 0.25) is 0 Å². The summed E-state index contributed by atoms with van der Waals surface area (Å²) in [5.74, 6) is 0. The monoisotopic (exact) mass is 289 g/mol. The molecular weight excluding hydrogens is 258 g/mol. The average Bonchev–Trinajstić information content (AvgIpc) is 2.44. The molecule has 0 rings (SSSR count). The van der Waals surface area contributed by atoms with Crippen LogP contribution in [0.5, 0.6) is 0 Å². The van der Waals surface area contributed by atoms with Crippen molar-refractivity contribution in [3.05, 3.63) is 73.4 Å². The van der Waals surface area contributed by atoms with Gasteiger partial charge in [0, 0.05) is 24.5 Å². The Morgan fingerprint density at radius 1 is 0.619 bits per heavy atom. The van der Waals surface area contributed by atoms with Crippen molar-refractivity contribution in [2.45, 2.75) is 27.7 Å². The van der Waals surface area contributed by atoms with Crippen molar-refractivity contribution in [3.8, 4) is 0 Å². The molecule has 0 radical (unpaired) electrons. The maximum atomic E-state index is 3.91. The Morgan fingerprint density at radius 2 is 1.00 bits per heavy atom. The molecule has 0 saturated carbocycles. The predicted octanol–water partition coefficient (Wildman–Crippen LogP) is 3.99. The molecule has 0 fully saturated rings. The molecule has 3 N–H and O–H groups in total. The third-order valence-electron chi connectivity index (χ3n) is 2.50. The van der Waals surface area contributed by atoms with Crippen molar-refractivity contribution in [1.29, 1.82) is 0 Å². The van der Waals surface area contributed by atoms with E-state index in [1.807, 2.05) is 27.7 Å². The highest BCUT2D eigenvalue weighted by Crippen LogP contribution is 2.05. The second-order valence-corrected chi connectivity index (χ2v) is 4.45. The molecule has 0 aromatic heterocycles. The van der Waals surface area contributed by atoms with E-state index in [-0.39, 0.29) is 0 Å². The van der Waals surface area contributed by atoms with Gasteiger partial charge >= 0.3 is 0 Å². The molecule has 3 heteroatoms. The minimum atomic E-state index is 0.687. The summed E-state index contributed by atoms with van der Waals surface area (Å²) in [6.45, 7) is 32.3. The molecule has 3 nitrogen and oxygen atoms in total. The Morgan fingerprint density at radius 3 is 1.38 bits per heavy atom. The average molecular weight is 289 g/mol. The zero-order chi connectivity index (χ0) is 17.0. The van der Waals surface area contributed by atoms with Crippen LogP contribution in [-0.4, -0.2) is 13.1 Å². The van der Waals surface area contributed by atoms with Gasteiger partial charge in [-0.2, -0.15) is 0 Å². The van der Waals surface area contributed by atoms with E-state index in [0.29, 0.717) is 12.2 Å². The topological polar surface area (TPSA) is 36.1 Å². The standard InChI is InChI=1S/C16H25N3.C2H6/c1-11(2)13(5)17-9-10-18-15(7)16(8)19-14(6)12(3)4;1-2/h17-19H,1,3,5-10H2,2,4H3;1-2H3. The molecule has 0 unspecified atom stereocenters. The van der Waals surface area contributed by atoms with Crippen molar-refractivity contribution < 1.29 is 0 Å². The molecule has 0 aliphatic heterocycles. The van der Waals surface area contributed by atoms with Crippen molar-refractivity contribution in [3.63, 3.8) is 0 Å². The summed E-state index contributed by atoms with van der Waals surface area (Å²) < 4.78 is 0. The second-order valence-electron chi connectivity index (χ2n) is 4.45. The Balaban J connectivity index is 0. The Bertz CT molecular complexity index is 428. The maximum absolute atomic E-state index is 3.91. The van der Waals surface area contributed by atoms with Crippen LogP contribution >= 0.6 is 0 Å². The van der Waals surface area contributed by atoms with Gasteiger partial charge in [0.1, 0.15) is 0 Å². The molecule has 118 valence electrons. The number of hydrogen-bond donors (Lipinski definition) is 3. The molecule has 0 aliphatic carbocycles. The van der Waals surface area contributed by atoms with E-state index in [1.54, 1.807) is 0 Å². The van der Waals surface area contributed by atoms with Crippen LogP contribution < -0.4 is 16.0 Å². The van der Waals surface area contributed by atoms with Crippen molar-refractivity contribution >= 4 is 0 Å². The molecular formula is C18H31N3. The van der Waals surface area contributed by atoms with Crippen molar-refractivity contribution in [2.24, 2.45) is 0 Å². The smallest absolute Gasteiger partial charge is 0.0540 e. The van der Waals surface area contributed by atoms with E-state index in [0.717, 1.165) is 34.8 Å². The third-order valence-corrected chi connectivity index (χ3v) is 2.50. The Kier molecular flexibility index (Phi) is 11.7. The van der Waals surface area contributed by atoms with Crippen LogP contribution in [-0.2, 0) is 0 Å². The molecule has 0 amide bonds.